The SMILES string of the molecule is Cc1ccc(C)c(-c2csc(NC(=O)NC(C)C)n2)c1. The Labute approximate surface area is 123 Å². The number of amides is 2. The maximum atomic E-state index is 11.6. The summed E-state index contributed by atoms with van der Waals surface area (Å²) in [6, 6.07) is 6.17. The largest absolute Gasteiger partial charge is 0.336 e. The van der Waals surface area contributed by atoms with Crippen molar-refractivity contribution in [2.45, 2.75) is 33.7 Å². The van der Waals surface area contributed by atoms with Gasteiger partial charge in [0.15, 0.2) is 5.13 Å². The highest BCUT2D eigenvalue weighted by atomic mass is 32.1. The molecule has 5 heteroatoms. The third-order valence-electron chi connectivity index (χ3n) is 2.81. The molecule has 0 saturated carbocycles. The fraction of sp³-hybridized carbons (Fsp3) is 0.333. The van der Waals surface area contributed by atoms with Gasteiger partial charge in [-0.2, -0.15) is 0 Å². The zero-order chi connectivity index (χ0) is 14.7. The van der Waals surface area contributed by atoms with E-state index < -0.39 is 0 Å². The maximum absolute atomic E-state index is 11.6. The molecule has 1 aromatic carbocycles. The van der Waals surface area contributed by atoms with Gasteiger partial charge in [0.2, 0.25) is 0 Å². The molecule has 2 amide bonds. The monoisotopic (exact) mass is 289 g/mol. The van der Waals surface area contributed by atoms with Gasteiger partial charge in [0.25, 0.3) is 0 Å². The van der Waals surface area contributed by atoms with Crippen molar-refractivity contribution < 1.29 is 4.79 Å². The van der Waals surface area contributed by atoms with Crippen molar-refractivity contribution in [3.8, 4) is 11.3 Å². The number of nitrogens with zero attached hydrogens (tertiary/aromatic N) is 1. The Morgan fingerprint density at radius 2 is 2.05 bits per heavy atom. The normalized spacial score (nSPS) is 10.7. The molecule has 4 nitrogen and oxygen atoms in total. The minimum absolute atomic E-state index is 0.105. The second-order valence-electron chi connectivity index (χ2n) is 5.11. The number of rotatable bonds is 3. The third kappa shape index (κ3) is 3.57. The summed E-state index contributed by atoms with van der Waals surface area (Å²) in [6.45, 7) is 7.96. The zero-order valence-electron chi connectivity index (χ0n) is 12.2. The second-order valence-corrected chi connectivity index (χ2v) is 5.97. The molecule has 1 aromatic heterocycles. The number of benzene rings is 1. The van der Waals surface area contributed by atoms with Crippen LogP contribution in [0.25, 0.3) is 11.3 Å². The molecular weight excluding hydrogens is 270 g/mol. The zero-order valence-corrected chi connectivity index (χ0v) is 13.0. The molecule has 0 bridgehead atoms. The molecule has 0 atom stereocenters. The van der Waals surface area contributed by atoms with E-state index in [2.05, 4.69) is 47.7 Å². The van der Waals surface area contributed by atoms with E-state index >= 15 is 0 Å². The van der Waals surface area contributed by atoms with Crippen molar-refractivity contribution in [1.29, 1.82) is 0 Å². The van der Waals surface area contributed by atoms with Crippen LogP contribution in [0.1, 0.15) is 25.0 Å². The first-order chi connectivity index (χ1) is 9.45. The molecule has 20 heavy (non-hydrogen) atoms. The van der Waals surface area contributed by atoms with Crippen LogP contribution in [-0.2, 0) is 0 Å². The summed E-state index contributed by atoms with van der Waals surface area (Å²) in [5.41, 5.74) is 4.39. The first kappa shape index (κ1) is 14.5. The van der Waals surface area contributed by atoms with Crippen LogP contribution < -0.4 is 10.6 Å². The number of hydrogen-bond donors (Lipinski definition) is 2. The smallest absolute Gasteiger partial charge is 0.321 e. The van der Waals surface area contributed by atoms with Gasteiger partial charge in [-0.15, -0.1) is 11.3 Å². The van der Waals surface area contributed by atoms with E-state index in [9.17, 15) is 4.79 Å². The van der Waals surface area contributed by atoms with Crippen molar-refractivity contribution in [2.75, 3.05) is 5.32 Å². The molecule has 2 N–H and O–H groups in total. The lowest BCUT2D eigenvalue weighted by Gasteiger charge is -2.07. The van der Waals surface area contributed by atoms with Crippen LogP contribution in [0.4, 0.5) is 9.93 Å². The number of aryl methyl sites for hydroxylation is 2. The van der Waals surface area contributed by atoms with Crippen LogP contribution in [0.5, 0.6) is 0 Å². The Balaban J connectivity index is 2.16. The van der Waals surface area contributed by atoms with Crippen molar-refractivity contribution in [1.82, 2.24) is 10.3 Å². The molecule has 1 heterocycles. The Hall–Kier alpha value is -1.88. The van der Waals surface area contributed by atoms with Gasteiger partial charge in [-0.1, -0.05) is 17.7 Å². The van der Waals surface area contributed by atoms with Crippen molar-refractivity contribution >= 4 is 22.5 Å². The lowest BCUT2D eigenvalue weighted by molar-refractivity contribution is 0.250. The van der Waals surface area contributed by atoms with E-state index in [1.807, 2.05) is 19.2 Å². The fourth-order valence-electron chi connectivity index (χ4n) is 1.86. The van der Waals surface area contributed by atoms with Gasteiger partial charge in [-0.3, -0.25) is 5.32 Å². The molecular formula is C15H19N3OS. The van der Waals surface area contributed by atoms with Crippen LogP contribution in [0.15, 0.2) is 23.6 Å². The number of nitrogens with one attached hydrogen (secondary N) is 2. The summed E-state index contributed by atoms with van der Waals surface area (Å²) >= 11 is 1.43. The minimum Gasteiger partial charge on any atom is -0.336 e. The van der Waals surface area contributed by atoms with Gasteiger partial charge >= 0.3 is 6.03 Å². The van der Waals surface area contributed by atoms with E-state index in [0.29, 0.717) is 5.13 Å². The van der Waals surface area contributed by atoms with Gasteiger partial charge in [-0.05, 0) is 39.3 Å². The number of carbonyl (C=O) groups excluding carboxylic acids is 1. The van der Waals surface area contributed by atoms with E-state index in [1.165, 1.54) is 22.5 Å². The summed E-state index contributed by atoms with van der Waals surface area (Å²) in [4.78, 5) is 16.1. The lowest BCUT2D eigenvalue weighted by Crippen LogP contribution is -2.34. The highest BCUT2D eigenvalue weighted by Crippen LogP contribution is 2.28. The Kier molecular flexibility index (Phi) is 4.39. The quantitative estimate of drug-likeness (QED) is 0.898. The average molecular weight is 289 g/mol. The van der Waals surface area contributed by atoms with Crippen molar-refractivity contribution in [3.05, 3.63) is 34.7 Å². The predicted molar refractivity (Wildman–Crippen MR) is 84.3 cm³/mol. The molecule has 2 aromatic rings. The molecule has 0 unspecified atom stereocenters. The van der Waals surface area contributed by atoms with Gasteiger partial charge in [-0.25, -0.2) is 9.78 Å². The number of aromatic nitrogens is 1. The molecule has 0 aliphatic rings. The van der Waals surface area contributed by atoms with Crippen molar-refractivity contribution in [2.24, 2.45) is 0 Å². The van der Waals surface area contributed by atoms with Crippen LogP contribution in [0.3, 0.4) is 0 Å². The van der Waals surface area contributed by atoms with Crippen LogP contribution >= 0.6 is 11.3 Å². The summed E-state index contributed by atoms with van der Waals surface area (Å²) in [7, 11) is 0. The first-order valence-electron chi connectivity index (χ1n) is 6.56. The van der Waals surface area contributed by atoms with E-state index in [0.717, 1.165) is 11.3 Å². The van der Waals surface area contributed by atoms with E-state index in [4.69, 9.17) is 0 Å². The molecule has 0 spiro atoms. The number of hydrogen-bond acceptors (Lipinski definition) is 3. The minimum atomic E-state index is -0.220. The molecule has 106 valence electrons. The molecule has 0 saturated heterocycles. The summed E-state index contributed by atoms with van der Waals surface area (Å²) in [5.74, 6) is 0. The summed E-state index contributed by atoms with van der Waals surface area (Å²) < 4.78 is 0. The Bertz CT molecular complexity index is 619. The number of carbonyl (C=O) groups is 1. The predicted octanol–water partition coefficient (Wildman–Crippen LogP) is 3.96. The molecule has 0 radical (unpaired) electrons. The topological polar surface area (TPSA) is 54.0 Å². The third-order valence-corrected chi connectivity index (χ3v) is 3.57. The van der Waals surface area contributed by atoms with Gasteiger partial charge in [0.05, 0.1) is 5.69 Å². The Morgan fingerprint density at radius 1 is 1.30 bits per heavy atom. The Morgan fingerprint density at radius 3 is 2.75 bits per heavy atom. The number of thiazole rings is 1. The second kappa shape index (κ2) is 6.05. The fourth-order valence-corrected chi connectivity index (χ4v) is 2.57. The van der Waals surface area contributed by atoms with Gasteiger partial charge in [0.1, 0.15) is 0 Å². The van der Waals surface area contributed by atoms with E-state index in [1.54, 1.807) is 0 Å². The first-order valence-corrected chi connectivity index (χ1v) is 7.44. The lowest BCUT2D eigenvalue weighted by atomic mass is 10.0. The van der Waals surface area contributed by atoms with Crippen molar-refractivity contribution in [3.63, 3.8) is 0 Å². The van der Waals surface area contributed by atoms with Gasteiger partial charge < -0.3 is 5.32 Å². The average Bonchev–Trinajstić information content (AvgIpc) is 2.79. The van der Waals surface area contributed by atoms with Gasteiger partial charge in [0, 0.05) is 17.0 Å². The highest BCUT2D eigenvalue weighted by molar-refractivity contribution is 7.14. The number of urea groups is 1. The maximum Gasteiger partial charge on any atom is 0.321 e. The highest BCUT2D eigenvalue weighted by Gasteiger charge is 2.10. The van der Waals surface area contributed by atoms with Crippen LogP contribution in [0, 0.1) is 13.8 Å². The molecule has 0 aliphatic heterocycles. The molecule has 0 fully saturated rings. The molecule has 0 aliphatic carbocycles. The van der Waals surface area contributed by atoms with Crippen LogP contribution in [-0.4, -0.2) is 17.1 Å². The molecule has 2 rings (SSSR count). The summed E-state index contributed by atoms with van der Waals surface area (Å²) in [5, 5.41) is 8.11. The summed E-state index contributed by atoms with van der Waals surface area (Å²) in [6.07, 6.45) is 0. The standard InChI is InChI=1S/C15H19N3OS/c1-9(2)16-14(19)18-15-17-13(8-20-15)12-7-10(3)5-6-11(12)4/h5-9H,1-4H3,(H2,16,17,18,19). The number of anilines is 1. The van der Waals surface area contributed by atoms with E-state index in [-0.39, 0.29) is 12.1 Å². The van der Waals surface area contributed by atoms with Crippen LogP contribution in [0.2, 0.25) is 0 Å².